The molecule has 0 saturated heterocycles. The summed E-state index contributed by atoms with van der Waals surface area (Å²) < 4.78 is 10.8. The Kier molecular flexibility index (Phi) is 3.93. The summed E-state index contributed by atoms with van der Waals surface area (Å²) in [6.45, 7) is 4.03. The third-order valence-corrected chi connectivity index (χ3v) is 3.46. The highest BCUT2D eigenvalue weighted by Crippen LogP contribution is 2.37. The van der Waals surface area contributed by atoms with Gasteiger partial charge in [0.2, 0.25) is 0 Å². The molecule has 0 radical (unpaired) electrons. The number of carbonyl (C=O) groups is 1. The fourth-order valence-electron chi connectivity index (χ4n) is 2.29. The van der Waals surface area contributed by atoms with E-state index in [0.717, 1.165) is 36.1 Å². The number of ether oxygens (including phenoxy) is 2. The van der Waals surface area contributed by atoms with E-state index >= 15 is 0 Å². The summed E-state index contributed by atoms with van der Waals surface area (Å²) in [4.78, 5) is 11.9. The highest BCUT2D eigenvalue weighted by Gasteiger charge is 2.37. The Hall–Kier alpha value is -1.77. The lowest BCUT2D eigenvalue weighted by Gasteiger charge is -2.22. The molecule has 0 amide bonds. The zero-order valence-corrected chi connectivity index (χ0v) is 11.7. The summed E-state index contributed by atoms with van der Waals surface area (Å²) in [5, 5.41) is 0. The third-order valence-electron chi connectivity index (χ3n) is 3.46. The smallest absolute Gasteiger partial charge is 0.335 e. The van der Waals surface area contributed by atoms with E-state index < -0.39 is 5.60 Å². The average Bonchev–Trinajstić information content (AvgIpc) is 2.72. The van der Waals surface area contributed by atoms with Crippen molar-refractivity contribution < 1.29 is 14.3 Å². The summed E-state index contributed by atoms with van der Waals surface area (Å²) in [6.07, 6.45) is 4.81. The summed E-state index contributed by atoms with van der Waals surface area (Å²) in [6, 6.07) is 7.65. The minimum absolute atomic E-state index is 0.196. The predicted molar refractivity (Wildman–Crippen MR) is 74.0 cm³/mol. The second-order valence-electron chi connectivity index (χ2n) is 5.00. The second kappa shape index (κ2) is 5.47. The number of rotatable bonds is 5. The van der Waals surface area contributed by atoms with Gasteiger partial charge in [-0.1, -0.05) is 25.5 Å². The van der Waals surface area contributed by atoms with E-state index in [2.05, 4.69) is 6.92 Å². The number of cyclic esters (lactones) is 1. The van der Waals surface area contributed by atoms with Gasteiger partial charge in [0.15, 0.2) is 5.60 Å². The Morgan fingerprint density at radius 1 is 1.37 bits per heavy atom. The van der Waals surface area contributed by atoms with Crippen LogP contribution in [0.25, 0.3) is 0 Å². The Morgan fingerprint density at radius 2 is 2.16 bits per heavy atom. The highest BCUT2D eigenvalue weighted by atomic mass is 16.6. The second-order valence-corrected chi connectivity index (χ2v) is 5.00. The summed E-state index contributed by atoms with van der Waals surface area (Å²) in [5.74, 6) is 0.573. The van der Waals surface area contributed by atoms with Crippen molar-refractivity contribution in [3.05, 3.63) is 41.5 Å². The SMILES string of the molecule is CCCCC1=C[C@](C)(c2cccc(OC)c2)OC1=O. The molecule has 0 aliphatic carbocycles. The predicted octanol–water partition coefficient (Wildman–Crippen LogP) is 3.58. The van der Waals surface area contributed by atoms with Gasteiger partial charge in [0, 0.05) is 11.1 Å². The first kappa shape index (κ1) is 13.7. The van der Waals surface area contributed by atoms with Crippen LogP contribution in [0.3, 0.4) is 0 Å². The van der Waals surface area contributed by atoms with Crippen LogP contribution in [0.5, 0.6) is 5.75 Å². The van der Waals surface area contributed by atoms with Gasteiger partial charge in [-0.05, 0) is 38.0 Å². The zero-order valence-electron chi connectivity index (χ0n) is 11.7. The van der Waals surface area contributed by atoms with E-state index in [4.69, 9.17) is 9.47 Å². The summed E-state index contributed by atoms with van der Waals surface area (Å²) in [5.41, 5.74) is 1.05. The maximum Gasteiger partial charge on any atom is 0.335 e. The van der Waals surface area contributed by atoms with Crippen molar-refractivity contribution in [2.75, 3.05) is 7.11 Å². The fourth-order valence-corrected chi connectivity index (χ4v) is 2.29. The molecule has 0 unspecified atom stereocenters. The number of hydrogen-bond donors (Lipinski definition) is 0. The van der Waals surface area contributed by atoms with Gasteiger partial charge in [0.05, 0.1) is 7.11 Å². The third kappa shape index (κ3) is 2.80. The Bertz CT molecular complexity index is 504. The van der Waals surface area contributed by atoms with Crippen LogP contribution in [0.15, 0.2) is 35.9 Å². The molecule has 0 spiro atoms. The standard InChI is InChI=1S/C16H20O3/c1-4-5-7-12-11-16(2,19-15(12)17)13-8-6-9-14(10-13)18-3/h6,8-11H,4-5,7H2,1-3H3/t16-/m1/s1. The lowest BCUT2D eigenvalue weighted by molar-refractivity contribution is -0.146. The first-order valence-corrected chi connectivity index (χ1v) is 6.68. The van der Waals surface area contributed by atoms with Gasteiger partial charge < -0.3 is 9.47 Å². The number of benzene rings is 1. The van der Waals surface area contributed by atoms with E-state index in [0.29, 0.717) is 0 Å². The van der Waals surface area contributed by atoms with Crippen molar-refractivity contribution in [2.24, 2.45) is 0 Å². The molecule has 3 nitrogen and oxygen atoms in total. The van der Waals surface area contributed by atoms with E-state index in [1.165, 1.54) is 0 Å². The topological polar surface area (TPSA) is 35.5 Å². The minimum atomic E-state index is -0.672. The number of unbranched alkanes of at least 4 members (excludes halogenated alkanes) is 1. The summed E-state index contributed by atoms with van der Waals surface area (Å²) in [7, 11) is 1.63. The van der Waals surface area contributed by atoms with E-state index in [-0.39, 0.29) is 5.97 Å². The monoisotopic (exact) mass is 260 g/mol. The Labute approximate surface area is 114 Å². The van der Waals surface area contributed by atoms with Gasteiger partial charge in [-0.25, -0.2) is 4.79 Å². The molecule has 102 valence electrons. The molecule has 0 N–H and O–H groups in total. The Balaban J connectivity index is 2.27. The first-order chi connectivity index (χ1) is 9.09. The molecule has 1 atom stereocenters. The van der Waals surface area contributed by atoms with Gasteiger partial charge in [0.25, 0.3) is 0 Å². The molecule has 0 bridgehead atoms. The minimum Gasteiger partial charge on any atom is -0.497 e. The molecule has 1 heterocycles. The largest absolute Gasteiger partial charge is 0.497 e. The normalized spacial score (nSPS) is 22.1. The maximum absolute atomic E-state index is 11.9. The number of carbonyl (C=O) groups excluding carboxylic acids is 1. The van der Waals surface area contributed by atoms with Crippen LogP contribution >= 0.6 is 0 Å². The van der Waals surface area contributed by atoms with Gasteiger partial charge in [-0.2, -0.15) is 0 Å². The van der Waals surface area contributed by atoms with Crippen LogP contribution in [0, 0.1) is 0 Å². The number of esters is 1. The molecule has 0 fully saturated rings. The van der Waals surface area contributed by atoms with Crippen molar-refractivity contribution >= 4 is 5.97 Å². The van der Waals surface area contributed by atoms with Crippen molar-refractivity contribution in [3.8, 4) is 5.75 Å². The molecule has 0 saturated carbocycles. The van der Waals surface area contributed by atoms with Gasteiger partial charge in [-0.3, -0.25) is 0 Å². The van der Waals surface area contributed by atoms with Crippen molar-refractivity contribution in [2.45, 2.75) is 38.7 Å². The highest BCUT2D eigenvalue weighted by molar-refractivity contribution is 5.91. The molecule has 1 aliphatic rings. The van der Waals surface area contributed by atoms with E-state index in [9.17, 15) is 4.79 Å². The molecular formula is C16H20O3. The lowest BCUT2D eigenvalue weighted by atomic mass is 9.94. The van der Waals surface area contributed by atoms with Gasteiger partial charge in [0.1, 0.15) is 5.75 Å². The molecule has 19 heavy (non-hydrogen) atoms. The zero-order chi connectivity index (χ0) is 13.9. The molecule has 1 aliphatic heterocycles. The fraction of sp³-hybridized carbons (Fsp3) is 0.438. The molecule has 1 aromatic rings. The number of hydrogen-bond acceptors (Lipinski definition) is 3. The van der Waals surface area contributed by atoms with Gasteiger partial charge in [-0.15, -0.1) is 0 Å². The quantitative estimate of drug-likeness (QED) is 0.759. The van der Waals surface area contributed by atoms with Gasteiger partial charge >= 0.3 is 5.97 Å². The van der Waals surface area contributed by atoms with E-state index in [1.807, 2.05) is 37.3 Å². The molecule has 3 heteroatoms. The van der Waals surface area contributed by atoms with Crippen LogP contribution in [0.2, 0.25) is 0 Å². The Morgan fingerprint density at radius 3 is 2.84 bits per heavy atom. The molecule has 2 rings (SSSR count). The summed E-state index contributed by atoms with van der Waals surface area (Å²) >= 11 is 0. The van der Waals surface area contributed by atoms with E-state index in [1.54, 1.807) is 7.11 Å². The molecule has 1 aromatic carbocycles. The van der Waals surface area contributed by atoms with Crippen molar-refractivity contribution in [1.82, 2.24) is 0 Å². The molecule has 0 aromatic heterocycles. The molecular weight excluding hydrogens is 240 g/mol. The lowest BCUT2D eigenvalue weighted by Crippen LogP contribution is -2.20. The average molecular weight is 260 g/mol. The van der Waals surface area contributed by atoms with Crippen LogP contribution in [0.1, 0.15) is 38.7 Å². The number of methoxy groups -OCH3 is 1. The van der Waals surface area contributed by atoms with Crippen LogP contribution in [-0.4, -0.2) is 13.1 Å². The van der Waals surface area contributed by atoms with Crippen LogP contribution in [0.4, 0.5) is 0 Å². The first-order valence-electron chi connectivity index (χ1n) is 6.68. The van der Waals surface area contributed by atoms with Crippen molar-refractivity contribution in [1.29, 1.82) is 0 Å². The van der Waals surface area contributed by atoms with Crippen LogP contribution < -0.4 is 4.74 Å². The maximum atomic E-state index is 11.9. The van der Waals surface area contributed by atoms with Crippen molar-refractivity contribution in [3.63, 3.8) is 0 Å². The van der Waals surface area contributed by atoms with Crippen LogP contribution in [-0.2, 0) is 15.1 Å².